The van der Waals surface area contributed by atoms with Crippen LogP contribution in [0.3, 0.4) is 0 Å². The third kappa shape index (κ3) is 3.72. The summed E-state index contributed by atoms with van der Waals surface area (Å²) >= 11 is 0. The first-order chi connectivity index (χ1) is 10.3. The number of anilines is 1. The molecule has 0 saturated carbocycles. The zero-order chi connectivity index (χ0) is 16.9. The summed E-state index contributed by atoms with van der Waals surface area (Å²) < 4.78 is 5.33. The zero-order valence-electron chi connectivity index (χ0n) is 14.0. The lowest BCUT2D eigenvalue weighted by molar-refractivity contribution is -0.120. The maximum absolute atomic E-state index is 12.6. The molecule has 0 aromatic carbocycles. The number of nitrogens with one attached hydrogen (secondary N) is 1. The van der Waals surface area contributed by atoms with Gasteiger partial charge in [0.15, 0.2) is 11.2 Å². The zero-order valence-corrected chi connectivity index (χ0v) is 14.0. The summed E-state index contributed by atoms with van der Waals surface area (Å²) in [6.45, 7) is 13.0. The summed E-state index contributed by atoms with van der Waals surface area (Å²) in [6, 6.07) is 0. The van der Waals surface area contributed by atoms with Gasteiger partial charge in [-0.3, -0.25) is 10.2 Å². The quantitative estimate of drug-likeness (QED) is 0.671. The predicted molar refractivity (Wildman–Crippen MR) is 90.1 cm³/mol. The topological polar surface area (TPSA) is 70.2 Å². The van der Waals surface area contributed by atoms with Gasteiger partial charge < -0.3 is 4.52 Å². The van der Waals surface area contributed by atoms with E-state index in [9.17, 15) is 4.79 Å². The summed E-state index contributed by atoms with van der Waals surface area (Å²) in [6.07, 6.45) is 6.02. The number of amidine groups is 1. The van der Waals surface area contributed by atoms with E-state index in [1.807, 2.05) is 40.7 Å². The first-order valence-corrected chi connectivity index (χ1v) is 7.56. The molecule has 0 aliphatic rings. The maximum Gasteiger partial charge on any atom is 0.236 e. The summed E-state index contributed by atoms with van der Waals surface area (Å²) in [5.74, 6) is 0.0935. The Morgan fingerprint density at radius 2 is 2.00 bits per heavy atom. The van der Waals surface area contributed by atoms with E-state index in [2.05, 4.69) is 11.7 Å². The predicted octanol–water partition coefficient (Wildman–Crippen LogP) is 2.45. The minimum absolute atomic E-state index is 0.0966. The van der Waals surface area contributed by atoms with Crippen molar-refractivity contribution in [2.45, 2.75) is 41.0 Å². The van der Waals surface area contributed by atoms with Gasteiger partial charge in [-0.05, 0) is 12.5 Å². The van der Waals surface area contributed by atoms with Crippen molar-refractivity contribution in [1.82, 2.24) is 5.16 Å². The van der Waals surface area contributed by atoms with Gasteiger partial charge in [-0.1, -0.05) is 58.5 Å². The molecule has 1 N–H and O–H groups in total. The van der Waals surface area contributed by atoms with Gasteiger partial charge in [-0.15, -0.1) is 0 Å². The highest BCUT2D eigenvalue weighted by Gasteiger charge is 2.28. The molecule has 0 spiro atoms. The summed E-state index contributed by atoms with van der Waals surface area (Å²) in [5, 5.41) is 13.0. The third-order valence-corrected chi connectivity index (χ3v) is 3.13. The van der Waals surface area contributed by atoms with Gasteiger partial charge in [-0.25, -0.2) is 4.90 Å². The minimum atomic E-state index is -0.239. The molecule has 0 saturated heterocycles. The molecular weight excluding hydrogens is 278 g/mol. The average molecular weight is 303 g/mol. The van der Waals surface area contributed by atoms with E-state index in [1.165, 1.54) is 4.90 Å². The van der Waals surface area contributed by atoms with Crippen LogP contribution in [0.5, 0.6) is 0 Å². The molecule has 5 heteroatoms. The number of carbonyl (C=O) groups excluding carboxylic acids is 1. The molecule has 120 valence electrons. The first kappa shape index (κ1) is 17.9. The molecule has 0 unspecified atom stereocenters. The van der Waals surface area contributed by atoms with Gasteiger partial charge in [0.05, 0.1) is 5.22 Å². The molecule has 0 fully saturated rings. The van der Waals surface area contributed by atoms with Crippen LogP contribution in [0.15, 0.2) is 17.2 Å². The van der Waals surface area contributed by atoms with Crippen LogP contribution in [0.25, 0.3) is 12.2 Å². The highest BCUT2D eigenvalue weighted by Crippen LogP contribution is 2.14. The van der Waals surface area contributed by atoms with Crippen LogP contribution >= 0.6 is 0 Å². The van der Waals surface area contributed by atoms with Gasteiger partial charge in [0.1, 0.15) is 5.84 Å². The SMILES string of the molecule is C=C/C=c1/onc(N(C(=N)C(C)C)C(=O)C(C)C)/c1=C/CC. The average Bonchev–Trinajstić information content (AvgIpc) is 2.83. The molecule has 1 heterocycles. The Morgan fingerprint density at radius 1 is 1.36 bits per heavy atom. The number of rotatable bonds is 5. The fourth-order valence-electron chi connectivity index (χ4n) is 1.94. The lowest BCUT2D eigenvalue weighted by atomic mass is 10.1. The van der Waals surface area contributed by atoms with Crippen LogP contribution in [-0.2, 0) is 4.79 Å². The number of carbonyl (C=O) groups is 1. The Kier molecular flexibility index (Phi) is 6.28. The Morgan fingerprint density at radius 3 is 2.45 bits per heavy atom. The Labute approximate surface area is 131 Å². The molecule has 0 aliphatic heterocycles. The van der Waals surface area contributed by atoms with Crippen LogP contribution < -0.4 is 15.5 Å². The molecule has 0 radical (unpaired) electrons. The van der Waals surface area contributed by atoms with Gasteiger partial charge >= 0.3 is 0 Å². The van der Waals surface area contributed by atoms with E-state index in [4.69, 9.17) is 9.93 Å². The van der Waals surface area contributed by atoms with Crippen molar-refractivity contribution >= 4 is 29.7 Å². The fraction of sp³-hybridized carbons (Fsp3) is 0.471. The maximum atomic E-state index is 12.6. The second-order valence-electron chi connectivity index (χ2n) is 5.67. The van der Waals surface area contributed by atoms with Crippen molar-refractivity contribution in [3.63, 3.8) is 0 Å². The van der Waals surface area contributed by atoms with E-state index in [0.29, 0.717) is 11.2 Å². The summed E-state index contributed by atoms with van der Waals surface area (Å²) in [4.78, 5) is 13.9. The van der Waals surface area contributed by atoms with Crippen molar-refractivity contribution in [2.24, 2.45) is 11.8 Å². The fourth-order valence-corrected chi connectivity index (χ4v) is 1.94. The highest BCUT2D eigenvalue weighted by molar-refractivity contribution is 6.16. The number of allylic oxidation sites excluding steroid dienone is 1. The third-order valence-electron chi connectivity index (χ3n) is 3.13. The van der Waals surface area contributed by atoms with Gasteiger partial charge in [0.25, 0.3) is 0 Å². The minimum Gasteiger partial charge on any atom is -0.354 e. The monoisotopic (exact) mass is 303 g/mol. The van der Waals surface area contributed by atoms with Crippen LogP contribution in [-0.4, -0.2) is 16.9 Å². The number of amides is 1. The summed E-state index contributed by atoms with van der Waals surface area (Å²) in [5.41, 5.74) is 0.546. The standard InChI is InChI=1S/C17H25N3O2/c1-7-9-13-14(10-8-2)22-19-16(13)20(15(18)11(3)4)17(21)12(5)6/h8-12,18H,2,7H2,1,3-6H3/b13-9+,14-10+,18-15?. The number of nitrogens with zero attached hydrogens (tertiary/aromatic N) is 2. The van der Waals surface area contributed by atoms with Crippen molar-refractivity contribution in [1.29, 1.82) is 5.41 Å². The van der Waals surface area contributed by atoms with Gasteiger partial charge in [-0.2, -0.15) is 0 Å². The Hall–Kier alpha value is -2.17. The van der Waals surface area contributed by atoms with E-state index in [0.717, 1.165) is 11.6 Å². The van der Waals surface area contributed by atoms with E-state index >= 15 is 0 Å². The number of hydrogen-bond donors (Lipinski definition) is 1. The number of aromatic nitrogens is 1. The molecule has 1 amide bonds. The van der Waals surface area contributed by atoms with Crippen LogP contribution in [0.1, 0.15) is 41.0 Å². The van der Waals surface area contributed by atoms with E-state index in [1.54, 1.807) is 12.2 Å². The number of hydrogen-bond acceptors (Lipinski definition) is 4. The lowest BCUT2D eigenvalue weighted by Crippen LogP contribution is -2.45. The second-order valence-corrected chi connectivity index (χ2v) is 5.67. The molecular formula is C17H25N3O2. The highest BCUT2D eigenvalue weighted by atomic mass is 16.5. The molecule has 1 aromatic rings. The summed E-state index contributed by atoms with van der Waals surface area (Å²) in [7, 11) is 0. The Bertz CT molecular complexity index is 649. The smallest absolute Gasteiger partial charge is 0.236 e. The largest absolute Gasteiger partial charge is 0.354 e. The second kappa shape index (κ2) is 7.73. The molecule has 22 heavy (non-hydrogen) atoms. The molecule has 0 bridgehead atoms. The normalized spacial score (nSPS) is 13.0. The van der Waals surface area contributed by atoms with Crippen molar-refractivity contribution in [3.05, 3.63) is 23.3 Å². The molecule has 1 aromatic heterocycles. The van der Waals surface area contributed by atoms with Crippen molar-refractivity contribution in [2.75, 3.05) is 4.90 Å². The van der Waals surface area contributed by atoms with Gasteiger partial charge in [0.2, 0.25) is 5.91 Å². The van der Waals surface area contributed by atoms with Crippen LogP contribution in [0.4, 0.5) is 5.82 Å². The van der Waals surface area contributed by atoms with E-state index < -0.39 is 0 Å². The van der Waals surface area contributed by atoms with Crippen molar-refractivity contribution in [3.8, 4) is 0 Å². The molecule has 0 atom stereocenters. The van der Waals surface area contributed by atoms with E-state index in [-0.39, 0.29) is 23.6 Å². The van der Waals surface area contributed by atoms with Crippen LogP contribution in [0, 0.1) is 17.2 Å². The van der Waals surface area contributed by atoms with Crippen molar-refractivity contribution < 1.29 is 9.32 Å². The van der Waals surface area contributed by atoms with Gasteiger partial charge in [0, 0.05) is 11.8 Å². The molecule has 1 rings (SSSR count). The molecule has 5 nitrogen and oxygen atoms in total. The van der Waals surface area contributed by atoms with Crippen LogP contribution in [0.2, 0.25) is 0 Å². The Balaban J connectivity index is 3.60. The molecule has 0 aliphatic carbocycles. The lowest BCUT2D eigenvalue weighted by Gasteiger charge is -2.24. The first-order valence-electron chi connectivity index (χ1n) is 7.56.